The van der Waals surface area contributed by atoms with Gasteiger partial charge in [0.05, 0.1) is 17.6 Å². The molecule has 3 N–H and O–H groups in total. The van der Waals surface area contributed by atoms with Crippen LogP contribution in [0, 0.1) is 0 Å². The molecule has 3 rings (SSSR count). The molecule has 0 radical (unpaired) electrons. The van der Waals surface area contributed by atoms with Gasteiger partial charge in [-0.2, -0.15) is 0 Å². The highest BCUT2D eigenvalue weighted by atomic mass is 16.2. The highest BCUT2D eigenvalue weighted by Gasteiger charge is 2.23. The third-order valence-corrected chi connectivity index (χ3v) is 3.99. The second kappa shape index (κ2) is 7.04. The Morgan fingerprint density at radius 1 is 1.36 bits per heavy atom. The number of nitrogen functional groups attached to an aromatic ring is 1. The smallest absolute Gasteiger partial charge is 0.323 e. The van der Waals surface area contributed by atoms with Gasteiger partial charge in [0, 0.05) is 19.3 Å². The minimum absolute atomic E-state index is 0.237. The summed E-state index contributed by atoms with van der Waals surface area (Å²) in [6, 6.07) is 9.35. The summed E-state index contributed by atoms with van der Waals surface area (Å²) in [6.07, 6.45) is 5.18. The normalized spacial score (nSPS) is 14.4. The molecule has 0 saturated carbocycles. The highest BCUT2D eigenvalue weighted by Crippen LogP contribution is 2.22. The fourth-order valence-electron chi connectivity index (χ4n) is 2.64. The van der Waals surface area contributed by atoms with Crippen LogP contribution < -0.4 is 11.1 Å². The summed E-state index contributed by atoms with van der Waals surface area (Å²) in [4.78, 5) is 17.9. The summed E-state index contributed by atoms with van der Waals surface area (Å²) in [5.41, 5.74) is 9.46. The van der Waals surface area contributed by atoms with E-state index in [0.29, 0.717) is 24.6 Å². The summed E-state index contributed by atoms with van der Waals surface area (Å²) >= 11 is 0. The maximum atomic E-state index is 12.5. The zero-order valence-corrected chi connectivity index (χ0v) is 14.0. The Morgan fingerprint density at radius 3 is 2.84 bits per heavy atom. The molecule has 2 aromatic rings. The SMILES string of the molecule is C=N/C=C\C1=C(C)CN(C(=O)Nc2nn(-c3ccccc3)cc2N)C1. The summed E-state index contributed by atoms with van der Waals surface area (Å²) < 4.78 is 1.64. The summed E-state index contributed by atoms with van der Waals surface area (Å²) in [5, 5.41) is 7.14. The van der Waals surface area contributed by atoms with Crippen molar-refractivity contribution in [3.8, 4) is 5.69 Å². The fraction of sp³-hybridized carbons (Fsp3) is 0.167. The quantitative estimate of drug-likeness (QED) is 0.842. The van der Waals surface area contributed by atoms with E-state index in [1.54, 1.807) is 22.0 Å². The van der Waals surface area contributed by atoms with Crippen LogP contribution in [0.4, 0.5) is 16.3 Å². The number of carbonyl (C=O) groups is 1. The van der Waals surface area contributed by atoms with Crippen molar-refractivity contribution in [2.24, 2.45) is 4.99 Å². The van der Waals surface area contributed by atoms with Crippen molar-refractivity contribution in [1.82, 2.24) is 14.7 Å². The molecule has 0 bridgehead atoms. The lowest BCUT2D eigenvalue weighted by Crippen LogP contribution is -2.33. The molecule has 2 heterocycles. The Kier molecular flexibility index (Phi) is 4.65. The number of benzene rings is 1. The lowest BCUT2D eigenvalue weighted by molar-refractivity contribution is 0.223. The molecule has 0 aliphatic carbocycles. The first-order chi connectivity index (χ1) is 12.1. The van der Waals surface area contributed by atoms with E-state index in [1.165, 1.54) is 0 Å². The van der Waals surface area contributed by atoms with Gasteiger partial charge < -0.3 is 10.6 Å². The molecule has 1 aromatic heterocycles. The molecular weight excluding hydrogens is 316 g/mol. The minimum atomic E-state index is -0.237. The van der Waals surface area contributed by atoms with E-state index in [-0.39, 0.29) is 6.03 Å². The minimum Gasteiger partial charge on any atom is -0.394 e. The van der Waals surface area contributed by atoms with Gasteiger partial charge in [0.15, 0.2) is 5.82 Å². The van der Waals surface area contributed by atoms with E-state index >= 15 is 0 Å². The monoisotopic (exact) mass is 336 g/mol. The lowest BCUT2D eigenvalue weighted by atomic mass is 10.2. The number of aliphatic imine (C=N–C) groups is 1. The number of nitrogens with one attached hydrogen (secondary N) is 1. The van der Waals surface area contributed by atoms with Gasteiger partial charge in [-0.25, -0.2) is 9.48 Å². The first kappa shape index (κ1) is 16.5. The maximum absolute atomic E-state index is 12.5. The third kappa shape index (κ3) is 3.60. The standard InChI is InChI=1S/C18H20N6O/c1-13-10-23(11-14(13)8-9-20-2)18(25)21-17-16(19)12-24(22-17)15-6-4-3-5-7-15/h3-9,12H,2,10-11,19H2,1H3,(H,21,22,25)/b9-8-. The highest BCUT2D eigenvalue weighted by molar-refractivity contribution is 5.92. The van der Waals surface area contributed by atoms with E-state index in [2.05, 4.69) is 22.1 Å². The molecule has 1 aromatic carbocycles. The number of urea groups is 1. The van der Waals surface area contributed by atoms with Crippen LogP contribution in [-0.2, 0) is 0 Å². The van der Waals surface area contributed by atoms with Gasteiger partial charge in [-0.3, -0.25) is 10.3 Å². The largest absolute Gasteiger partial charge is 0.394 e. The average molecular weight is 336 g/mol. The van der Waals surface area contributed by atoms with Gasteiger partial charge in [-0.05, 0) is 43.0 Å². The maximum Gasteiger partial charge on any atom is 0.323 e. The second-order valence-electron chi connectivity index (χ2n) is 5.80. The molecule has 0 fully saturated rings. The third-order valence-electron chi connectivity index (χ3n) is 3.99. The van der Waals surface area contributed by atoms with Crippen molar-refractivity contribution in [3.63, 3.8) is 0 Å². The lowest BCUT2D eigenvalue weighted by Gasteiger charge is -2.16. The van der Waals surface area contributed by atoms with E-state index in [0.717, 1.165) is 16.8 Å². The molecule has 128 valence electrons. The molecule has 0 atom stereocenters. The number of nitrogens with zero attached hydrogens (tertiary/aromatic N) is 4. The predicted molar refractivity (Wildman–Crippen MR) is 100.0 cm³/mol. The van der Waals surface area contributed by atoms with E-state index < -0.39 is 0 Å². The van der Waals surface area contributed by atoms with Crippen molar-refractivity contribution in [2.45, 2.75) is 6.92 Å². The van der Waals surface area contributed by atoms with Crippen molar-refractivity contribution in [3.05, 3.63) is 60.0 Å². The van der Waals surface area contributed by atoms with Crippen LogP contribution in [0.1, 0.15) is 6.92 Å². The van der Waals surface area contributed by atoms with E-state index in [4.69, 9.17) is 5.73 Å². The summed E-state index contributed by atoms with van der Waals surface area (Å²) in [7, 11) is 0. The van der Waals surface area contributed by atoms with Gasteiger partial charge in [-0.1, -0.05) is 18.2 Å². The fourth-order valence-corrected chi connectivity index (χ4v) is 2.64. The van der Waals surface area contributed by atoms with Gasteiger partial charge in [0.1, 0.15) is 0 Å². The zero-order chi connectivity index (χ0) is 17.8. The van der Waals surface area contributed by atoms with Crippen LogP contribution in [0.15, 0.2) is 64.9 Å². The van der Waals surface area contributed by atoms with Crippen molar-refractivity contribution >= 4 is 24.3 Å². The van der Waals surface area contributed by atoms with Crippen LogP contribution in [-0.4, -0.2) is 40.5 Å². The van der Waals surface area contributed by atoms with Crippen molar-refractivity contribution in [1.29, 1.82) is 0 Å². The summed E-state index contributed by atoms with van der Waals surface area (Å²) in [6.45, 7) is 6.49. The number of anilines is 2. The van der Waals surface area contributed by atoms with E-state index in [9.17, 15) is 4.79 Å². The predicted octanol–water partition coefficient (Wildman–Crippen LogP) is 2.83. The van der Waals surface area contributed by atoms with Crippen molar-refractivity contribution in [2.75, 3.05) is 24.1 Å². The molecule has 7 nitrogen and oxygen atoms in total. The van der Waals surface area contributed by atoms with Gasteiger partial charge >= 0.3 is 6.03 Å². The summed E-state index contributed by atoms with van der Waals surface area (Å²) in [5.74, 6) is 0.350. The zero-order valence-electron chi connectivity index (χ0n) is 14.0. The Morgan fingerprint density at radius 2 is 2.12 bits per heavy atom. The number of nitrogens with two attached hydrogens (primary N) is 1. The van der Waals surface area contributed by atoms with Gasteiger partial charge in [-0.15, -0.1) is 5.10 Å². The average Bonchev–Trinajstić information content (AvgIpc) is 3.17. The van der Waals surface area contributed by atoms with Crippen LogP contribution in [0.25, 0.3) is 5.69 Å². The molecule has 0 unspecified atom stereocenters. The number of para-hydroxylation sites is 1. The number of carbonyl (C=O) groups excluding carboxylic acids is 1. The Hall–Kier alpha value is -3.35. The van der Waals surface area contributed by atoms with Gasteiger partial charge in [0.25, 0.3) is 0 Å². The number of rotatable bonds is 4. The van der Waals surface area contributed by atoms with Crippen LogP contribution in [0.5, 0.6) is 0 Å². The molecule has 1 aliphatic rings. The number of hydrogen-bond acceptors (Lipinski definition) is 4. The Bertz CT molecular complexity index is 850. The Balaban J connectivity index is 1.69. The number of aromatic nitrogens is 2. The first-order valence-electron chi connectivity index (χ1n) is 7.86. The Labute approximate surface area is 146 Å². The van der Waals surface area contributed by atoms with Crippen LogP contribution >= 0.6 is 0 Å². The molecule has 0 saturated heterocycles. The van der Waals surface area contributed by atoms with Crippen LogP contribution in [0.3, 0.4) is 0 Å². The van der Waals surface area contributed by atoms with Crippen molar-refractivity contribution < 1.29 is 4.79 Å². The molecule has 1 aliphatic heterocycles. The second-order valence-corrected chi connectivity index (χ2v) is 5.80. The number of amides is 2. The first-order valence-corrected chi connectivity index (χ1v) is 7.86. The molecule has 7 heteroatoms. The molecule has 2 amide bonds. The van der Waals surface area contributed by atoms with Gasteiger partial charge in [0.2, 0.25) is 0 Å². The van der Waals surface area contributed by atoms with Crippen LogP contribution in [0.2, 0.25) is 0 Å². The topological polar surface area (TPSA) is 88.5 Å². The molecular formula is C18H20N6O. The number of hydrogen-bond donors (Lipinski definition) is 2. The molecule has 0 spiro atoms. The molecule has 25 heavy (non-hydrogen) atoms. The van der Waals surface area contributed by atoms with E-state index in [1.807, 2.05) is 43.3 Å².